The summed E-state index contributed by atoms with van der Waals surface area (Å²) in [5.41, 5.74) is 7.61. The lowest BCUT2D eigenvalue weighted by molar-refractivity contribution is 0.884. The first-order valence-corrected chi connectivity index (χ1v) is 9.88. The number of pyridine rings is 1. The lowest BCUT2D eigenvalue weighted by Gasteiger charge is -1.99. The maximum atomic E-state index is 4.76. The standard InChI is InChI=1S/C22H16N6S/c1-2-8-18(9-3-1)28-15-17(21(27-28)16-7-6-12-23-13-16)14-24-26-22-25-19-10-4-5-11-20(19)29-22/h1-15H,(H,25,26)/b24-14+. The molecule has 5 rings (SSSR count). The molecule has 1 N–H and O–H groups in total. The molecule has 0 bridgehead atoms. The Balaban J connectivity index is 1.47. The second-order valence-electron chi connectivity index (χ2n) is 6.31. The first-order valence-electron chi connectivity index (χ1n) is 9.07. The molecule has 29 heavy (non-hydrogen) atoms. The number of hydrogen-bond acceptors (Lipinski definition) is 6. The lowest BCUT2D eigenvalue weighted by atomic mass is 10.1. The minimum absolute atomic E-state index is 0.751. The third kappa shape index (κ3) is 3.63. The van der Waals surface area contributed by atoms with Crippen molar-refractivity contribution in [2.75, 3.05) is 5.43 Å². The molecule has 3 heterocycles. The normalized spacial score (nSPS) is 11.3. The van der Waals surface area contributed by atoms with Gasteiger partial charge in [0.1, 0.15) is 5.69 Å². The van der Waals surface area contributed by atoms with Gasteiger partial charge in [-0.3, -0.25) is 10.4 Å². The molecule has 0 saturated heterocycles. The Labute approximate surface area is 171 Å². The Bertz CT molecular complexity index is 1240. The van der Waals surface area contributed by atoms with Gasteiger partial charge in [-0.05, 0) is 36.4 Å². The van der Waals surface area contributed by atoms with E-state index in [1.807, 2.05) is 77.6 Å². The number of anilines is 1. The fraction of sp³-hybridized carbons (Fsp3) is 0. The first kappa shape index (κ1) is 17.3. The molecule has 6 nitrogen and oxygen atoms in total. The fourth-order valence-electron chi connectivity index (χ4n) is 3.00. The van der Waals surface area contributed by atoms with Crippen LogP contribution in [0.3, 0.4) is 0 Å². The molecule has 0 aliphatic rings. The third-order valence-electron chi connectivity index (χ3n) is 4.36. The molecule has 0 amide bonds. The van der Waals surface area contributed by atoms with Gasteiger partial charge in [-0.15, -0.1) is 0 Å². The van der Waals surface area contributed by atoms with Crippen LogP contribution in [0.25, 0.3) is 27.2 Å². The van der Waals surface area contributed by atoms with Crippen LogP contribution in [0.5, 0.6) is 0 Å². The predicted molar refractivity (Wildman–Crippen MR) is 118 cm³/mol. The number of rotatable bonds is 5. The van der Waals surface area contributed by atoms with Crippen LogP contribution in [-0.4, -0.2) is 26.0 Å². The van der Waals surface area contributed by atoms with Gasteiger partial charge in [0.15, 0.2) is 0 Å². The summed E-state index contributed by atoms with van der Waals surface area (Å²) in [5, 5.41) is 9.91. The quantitative estimate of drug-likeness (QED) is 0.336. The number of hydrazone groups is 1. The molecule has 0 aliphatic carbocycles. The number of nitrogens with zero attached hydrogens (tertiary/aromatic N) is 5. The summed E-state index contributed by atoms with van der Waals surface area (Å²) >= 11 is 1.57. The van der Waals surface area contributed by atoms with E-state index < -0.39 is 0 Å². The Morgan fingerprint density at radius 1 is 0.966 bits per heavy atom. The average molecular weight is 396 g/mol. The van der Waals surface area contributed by atoms with E-state index in [0.717, 1.165) is 37.9 Å². The molecular weight excluding hydrogens is 380 g/mol. The summed E-state index contributed by atoms with van der Waals surface area (Å²) < 4.78 is 2.97. The molecule has 0 radical (unpaired) electrons. The largest absolute Gasteiger partial charge is 0.264 e. The van der Waals surface area contributed by atoms with Crippen molar-refractivity contribution in [1.29, 1.82) is 0 Å². The van der Waals surface area contributed by atoms with Gasteiger partial charge < -0.3 is 0 Å². The van der Waals surface area contributed by atoms with E-state index in [1.165, 1.54) is 0 Å². The van der Waals surface area contributed by atoms with Gasteiger partial charge in [0, 0.05) is 29.7 Å². The van der Waals surface area contributed by atoms with Crippen LogP contribution >= 0.6 is 11.3 Å². The molecule has 2 aromatic carbocycles. The highest BCUT2D eigenvalue weighted by Gasteiger charge is 2.11. The smallest absolute Gasteiger partial charge is 0.204 e. The van der Waals surface area contributed by atoms with Crippen LogP contribution in [0.2, 0.25) is 0 Å². The molecule has 0 unspecified atom stereocenters. The zero-order valence-electron chi connectivity index (χ0n) is 15.3. The van der Waals surface area contributed by atoms with Gasteiger partial charge in [0.25, 0.3) is 0 Å². The maximum absolute atomic E-state index is 4.76. The van der Waals surface area contributed by atoms with E-state index in [2.05, 4.69) is 20.5 Å². The van der Waals surface area contributed by atoms with E-state index in [4.69, 9.17) is 5.10 Å². The van der Waals surface area contributed by atoms with E-state index in [9.17, 15) is 0 Å². The Kier molecular flexibility index (Phi) is 4.56. The topological polar surface area (TPSA) is 68.0 Å². The summed E-state index contributed by atoms with van der Waals surface area (Å²) in [4.78, 5) is 8.76. The Morgan fingerprint density at radius 2 is 1.83 bits per heavy atom. The van der Waals surface area contributed by atoms with Gasteiger partial charge in [-0.1, -0.05) is 41.7 Å². The summed E-state index contributed by atoms with van der Waals surface area (Å²) in [6.07, 6.45) is 7.28. The van der Waals surface area contributed by atoms with Crippen LogP contribution in [0.4, 0.5) is 5.13 Å². The molecule has 0 spiro atoms. The number of benzene rings is 2. The van der Waals surface area contributed by atoms with Gasteiger partial charge in [-0.2, -0.15) is 10.2 Å². The molecule has 0 atom stereocenters. The number of fused-ring (bicyclic) bond motifs is 1. The van der Waals surface area contributed by atoms with Gasteiger partial charge in [0.05, 0.1) is 22.1 Å². The van der Waals surface area contributed by atoms with E-state index in [0.29, 0.717) is 0 Å². The molecule has 5 aromatic rings. The molecule has 3 aromatic heterocycles. The lowest BCUT2D eigenvalue weighted by Crippen LogP contribution is -1.94. The second kappa shape index (κ2) is 7.65. The molecule has 7 heteroatoms. The van der Waals surface area contributed by atoms with Crippen molar-refractivity contribution < 1.29 is 0 Å². The molecule has 140 valence electrons. The maximum Gasteiger partial charge on any atom is 0.204 e. The summed E-state index contributed by atoms with van der Waals surface area (Å²) in [5.74, 6) is 0. The molecule has 0 saturated carbocycles. The molecule has 0 fully saturated rings. The van der Waals surface area contributed by atoms with Crippen molar-refractivity contribution in [3.8, 4) is 16.9 Å². The number of hydrogen-bond donors (Lipinski definition) is 1. The van der Waals surface area contributed by atoms with Crippen molar-refractivity contribution in [1.82, 2.24) is 19.7 Å². The van der Waals surface area contributed by atoms with Crippen LogP contribution in [-0.2, 0) is 0 Å². The van der Waals surface area contributed by atoms with Crippen molar-refractivity contribution in [3.05, 3.63) is 90.9 Å². The average Bonchev–Trinajstić information content (AvgIpc) is 3.39. The van der Waals surface area contributed by atoms with Crippen LogP contribution in [0.15, 0.2) is 90.4 Å². The summed E-state index contributed by atoms with van der Waals surface area (Å²) in [6, 6.07) is 21.9. The Morgan fingerprint density at radius 3 is 2.66 bits per heavy atom. The number of nitrogens with one attached hydrogen (secondary N) is 1. The van der Waals surface area contributed by atoms with Gasteiger partial charge in [-0.25, -0.2) is 9.67 Å². The summed E-state index contributed by atoms with van der Waals surface area (Å²) in [6.45, 7) is 0. The van der Waals surface area contributed by atoms with Crippen LogP contribution in [0, 0.1) is 0 Å². The van der Waals surface area contributed by atoms with Crippen molar-refractivity contribution in [2.24, 2.45) is 5.10 Å². The first-order chi connectivity index (χ1) is 14.4. The van der Waals surface area contributed by atoms with E-state index >= 15 is 0 Å². The van der Waals surface area contributed by atoms with Gasteiger partial charge in [0.2, 0.25) is 5.13 Å². The minimum atomic E-state index is 0.751. The Hall–Kier alpha value is -3.84. The fourth-order valence-corrected chi connectivity index (χ4v) is 3.81. The highest BCUT2D eigenvalue weighted by atomic mass is 32.1. The minimum Gasteiger partial charge on any atom is -0.264 e. The summed E-state index contributed by atoms with van der Waals surface area (Å²) in [7, 11) is 0. The number of para-hydroxylation sites is 2. The van der Waals surface area contributed by atoms with Crippen molar-refractivity contribution in [3.63, 3.8) is 0 Å². The molecule has 0 aliphatic heterocycles. The predicted octanol–water partition coefficient (Wildman–Crippen LogP) is 4.99. The number of aromatic nitrogens is 4. The number of thiazole rings is 1. The zero-order valence-corrected chi connectivity index (χ0v) is 16.1. The van der Waals surface area contributed by atoms with E-state index in [1.54, 1.807) is 29.9 Å². The van der Waals surface area contributed by atoms with Gasteiger partial charge >= 0.3 is 0 Å². The highest BCUT2D eigenvalue weighted by Crippen LogP contribution is 2.26. The second-order valence-corrected chi connectivity index (χ2v) is 7.34. The van der Waals surface area contributed by atoms with Crippen LogP contribution in [0.1, 0.15) is 5.56 Å². The van der Waals surface area contributed by atoms with Crippen LogP contribution < -0.4 is 5.43 Å². The zero-order chi connectivity index (χ0) is 19.5. The monoisotopic (exact) mass is 396 g/mol. The SMILES string of the molecule is C(=N\Nc1nc2ccccc2s1)/c1cn(-c2ccccc2)nc1-c1cccnc1. The third-order valence-corrected chi connectivity index (χ3v) is 5.30. The van der Waals surface area contributed by atoms with Crippen molar-refractivity contribution in [2.45, 2.75) is 0 Å². The van der Waals surface area contributed by atoms with E-state index in [-0.39, 0.29) is 0 Å². The van der Waals surface area contributed by atoms with Crippen molar-refractivity contribution >= 4 is 32.9 Å². The molecular formula is C22H16N6S. The highest BCUT2D eigenvalue weighted by molar-refractivity contribution is 7.22.